The largest absolute Gasteiger partial charge is 1.00 e. The quantitative estimate of drug-likeness (QED) is 0.117. The highest BCUT2D eigenvalue weighted by atomic mass is 35.5. The molecule has 5 heteroatoms. The zero-order chi connectivity index (χ0) is 26.9. The highest BCUT2D eigenvalue weighted by molar-refractivity contribution is 7.96. The van der Waals surface area contributed by atoms with E-state index in [1.54, 1.807) is 0 Å². The molecule has 0 atom stereocenters. The predicted octanol–water partition coefficient (Wildman–Crippen LogP) is 3.73. The number of hydrogen-bond acceptors (Lipinski definition) is 3. The van der Waals surface area contributed by atoms with Crippen molar-refractivity contribution in [3.05, 3.63) is 163 Å². The monoisotopic (exact) mass is 560 g/mol. The molecule has 5 aromatic carbocycles. The lowest BCUT2D eigenvalue weighted by Gasteiger charge is -2.27. The van der Waals surface area contributed by atoms with Crippen LogP contribution in [0.2, 0.25) is 0 Å². The Morgan fingerprint density at radius 2 is 0.875 bits per heavy atom. The summed E-state index contributed by atoms with van der Waals surface area (Å²) in [5.41, 5.74) is 2.55. The molecule has 0 amide bonds. The van der Waals surface area contributed by atoms with E-state index in [-0.39, 0.29) is 18.2 Å². The Hall–Kier alpha value is -4.17. The maximum atomic E-state index is 13.5. The predicted molar refractivity (Wildman–Crippen MR) is 167 cm³/mol. The molecule has 0 saturated heterocycles. The van der Waals surface area contributed by atoms with Crippen molar-refractivity contribution in [3.8, 4) is 0 Å². The van der Waals surface area contributed by atoms with Gasteiger partial charge in [0.1, 0.15) is 35.0 Å². The lowest BCUT2D eigenvalue weighted by atomic mass is 10.0. The van der Waals surface area contributed by atoms with Gasteiger partial charge in [-0.3, -0.25) is 4.79 Å². The fourth-order valence-corrected chi connectivity index (χ4v) is 9.07. The molecular weight excluding hydrogens is 531 g/mol. The fourth-order valence-electron chi connectivity index (χ4n) is 4.84. The van der Waals surface area contributed by atoms with E-state index >= 15 is 0 Å². The van der Waals surface area contributed by atoms with Crippen LogP contribution in [-0.2, 0) is 0 Å². The number of benzene rings is 5. The van der Waals surface area contributed by atoms with E-state index in [9.17, 15) is 4.79 Å². The third kappa shape index (κ3) is 6.34. The van der Waals surface area contributed by atoms with Crippen molar-refractivity contribution in [2.45, 2.75) is 6.92 Å². The summed E-state index contributed by atoms with van der Waals surface area (Å²) >= 11 is 0. The first-order valence-electron chi connectivity index (χ1n) is 13.0. The molecule has 0 aliphatic heterocycles. The van der Waals surface area contributed by atoms with Crippen molar-refractivity contribution in [3.63, 3.8) is 0 Å². The summed E-state index contributed by atoms with van der Waals surface area (Å²) in [6, 6.07) is 50.9. The zero-order valence-corrected chi connectivity index (χ0v) is 23.9. The number of halogens is 1. The number of rotatable bonds is 9. The van der Waals surface area contributed by atoms with E-state index in [2.05, 4.69) is 96.1 Å². The molecular formula is C35H30ClN2OP. The second-order valence-corrected chi connectivity index (χ2v) is 12.8. The number of ketones is 1. The fraction of sp³-hybridized carbons (Fsp3) is 0.0571. The van der Waals surface area contributed by atoms with E-state index < -0.39 is 7.26 Å². The molecule has 0 bridgehead atoms. The van der Waals surface area contributed by atoms with E-state index in [0.29, 0.717) is 17.4 Å². The van der Waals surface area contributed by atoms with Gasteiger partial charge in [0.05, 0.1) is 5.71 Å². The number of carbonyl (C=O) groups excluding carboxylic acids is 1. The van der Waals surface area contributed by atoms with E-state index in [1.807, 2.05) is 67.6 Å². The van der Waals surface area contributed by atoms with Crippen LogP contribution in [0.4, 0.5) is 0 Å². The topological polar surface area (TPSA) is 41.8 Å². The van der Waals surface area contributed by atoms with Crippen LogP contribution >= 0.6 is 7.26 Å². The van der Waals surface area contributed by atoms with Gasteiger partial charge in [0, 0.05) is 11.1 Å². The Labute approximate surface area is 243 Å². The van der Waals surface area contributed by atoms with Crippen molar-refractivity contribution >= 4 is 40.4 Å². The van der Waals surface area contributed by atoms with Gasteiger partial charge < -0.3 is 12.4 Å². The lowest BCUT2D eigenvalue weighted by molar-refractivity contribution is -0.0000146. The molecule has 0 radical (unpaired) electrons. The molecule has 40 heavy (non-hydrogen) atoms. The molecule has 0 fully saturated rings. The van der Waals surface area contributed by atoms with Crippen molar-refractivity contribution in [1.82, 2.24) is 0 Å². The molecule has 0 aliphatic rings. The van der Waals surface area contributed by atoms with Crippen LogP contribution in [0.25, 0.3) is 0 Å². The van der Waals surface area contributed by atoms with Crippen LogP contribution < -0.4 is 28.3 Å². The summed E-state index contributed by atoms with van der Waals surface area (Å²) in [5, 5.41) is 13.2. The second-order valence-electron chi connectivity index (χ2n) is 9.32. The van der Waals surface area contributed by atoms with E-state index in [0.717, 1.165) is 11.3 Å². The maximum absolute atomic E-state index is 13.5. The second kappa shape index (κ2) is 13.8. The van der Waals surface area contributed by atoms with Crippen molar-refractivity contribution in [2.75, 3.05) is 6.16 Å². The van der Waals surface area contributed by atoms with Crippen LogP contribution in [0.3, 0.4) is 0 Å². The van der Waals surface area contributed by atoms with Crippen LogP contribution in [0, 0.1) is 0 Å². The van der Waals surface area contributed by atoms with Gasteiger partial charge in [-0.2, -0.15) is 5.10 Å². The van der Waals surface area contributed by atoms with Crippen LogP contribution in [-0.4, -0.2) is 23.4 Å². The Kier molecular flexibility index (Phi) is 9.91. The summed E-state index contributed by atoms with van der Waals surface area (Å²) in [7, 11) is -2.11. The Morgan fingerprint density at radius 3 is 1.27 bits per heavy atom. The summed E-state index contributed by atoms with van der Waals surface area (Å²) in [5.74, 6) is -0.145. The number of nitrogens with zero attached hydrogens (tertiary/aromatic N) is 2. The molecule has 0 aromatic heterocycles. The minimum Gasteiger partial charge on any atom is -1.00 e. The van der Waals surface area contributed by atoms with Gasteiger partial charge in [-0.1, -0.05) is 115 Å². The molecule has 0 saturated carbocycles. The summed E-state index contributed by atoms with van der Waals surface area (Å²) in [6.07, 6.45) is 0.705. The summed E-state index contributed by atoms with van der Waals surface area (Å²) in [6.45, 7) is 2.02. The minimum absolute atomic E-state index is 0. The molecule has 3 nitrogen and oxygen atoms in total. The van der Waals surface area contributed by atoms with Gasteiger partial charge in [0.15, 0.2) is 0 Å². The smallest absolute Gasteiger partial charge is 0.213 e. The molecule has 5 aromatic rings. The van der Waals surface area contributed by atoms with Crippen LogP contribution in [0.5, 0.6) is 0 Å². The molecule has 198 valence electrons. The minimum atomic E-state index is -2.11. The third-order valence-electron chi connectivity index (χ3n) is 6.68. The normalized spacial score (nSPS) is 11.9. The molecule has 0 aliphatic carbocycles. The SMILES string of the molecule is C/C(C[P+](c1ccccc1)(c1ccccc1)c1ccccc1)=N\N=C(\C(=O)c1ccccc1)c1ccccc1.[Cl-]. The molecule has 5 rings (SSSR count). The molecule has 0 unspecified atom stereocenters. The molecule has 0 heterocycles. The molecule has 0 spiro atoms. The van der Waals surface area contributed by atoms with Gasteiger partial charge in [0.2, 0.25) is 5.78 Å². The average Bonchev–Trinajstić information content (AvgIpc) is 3.02. The lowest BCUT2D eigenvalue weighted by Crippen LogP contribution is -3.00. The van der Waals surface area contributed by atoms with Gasteiger partial charge >= 0.3 is 0 Å². The molecule has 0 N–H and O–H groups in total. The van der Waals surface area contributed by atoms with Gasteiger partial charge in [-0.15, -0.1) is 5.10 Å². The summed E-state index contributed by atoms with van der Waals surface area (Å²) in [4.78, 5) is 13.5. The van der Waals surface area contributed by atoms with Gasteiger partial charge in [0.25, 0.3) is 0 Å². The Bertz CT molecular complexity index is 1480. The maximum Gasteiger partial charge on any atom is 0.213 e. The third-order valence-corrected chi connectivity index (χ3v) is 11.1. The standard InChI is InChI=1S/C35H30N2OP.ClH/c1-28(36-37-34(29-17-7-2-8-18-29)35(38)30-19-9-3-10-20-30)27-39(31-21-11-4-12-22-31,32-23-13-5-14-24-32)33-25-15-6-16-26-33;/h2-26H,27H2,1H3;1H/q+1;/p-1/b36-28+,37-34+;. The Morgan fingerprint density at radius 1 is 0.525 bits per heavy atom. The highest BCUT2D eigenvalue weighted by Gasteiger charge is 2.45. The number of carbonyl (C=O) groups is 1. The van der Waals surface area contributed by atoms with E-state index in [4.69, 9.17) is 5.10 Å². The first-order chi connectivity index (χ1) is 19.2. The van der Waals surface area contributed by atoms with Crippen LogP contribution in [0.15, 0.2) is 162 Å². The first kappa shape index (κ1) is 28.8. The van der Waals surface area contributed by atoms with Crippen LogP contribution in [0.1, 0.15) is 22.8 Å². The zero-order valence-electron chi connectivity index (χ0n) is 22.3. The first-order valence-corrected chi connectivity index (χ1v) is 15.0. The number of hydrogen-bond donors (Lipinski definition) is 0. The highest BCUT2D eigenvalue weighted by Crippen LogP contribution is 2.55. The van der Waals surface area contributed by atoms with E-state index in [1.165, 1.54) is 15.9 Å². The average molecular weight is 561 g/mol. The van der Waals surface area contributed by atoms with Crippen molar-refractivity contribution in [2.24, 2.45) is 10.2 Å². The van der Waals surface area contributed by atoms with Crippen molar-refractivity contribution in [1.29, 1.82) is 0 Å². The Balaban J connectivity index is 0.00000370. The van der Waals surface area contributed by atoms with Crippen molar-refractivity contribution < 1.29 is 17.2 Å². The van der Waals surface area contributed by atoms with Gasteiger partial charge in [-0.25, -0.2) is 0 Å². The summed E-state index contributed by atoms with van der Waals surface area (Å²) < 4.78 is 0. The van der Waals surface area contributed by atoms with Gasteiger partial charge in [-0.05, 0) is 43.3 Å². The number of Topliss-reactive ketones (excluding diaryl/α,β-unsaturated/α-hetero) is 1.